The summed E-state index contributed by atoms with van der Waals surface area (Å²) in [5.41, 5.74) is 3.60. The molecule has 2 rings (SSSR count). The van der Waals surface area contributed by atoms with E-state index in [-0.39, 0.29) is 5.41 Å². The van der Waals surface area contributed by atoms with Crippen LogP contribution in [0.5, 0.6) is 0 Å². The number of fused-ring (bicyclic) bond motifs is 1. The van der Waals surface area contributed by atoms with Crippen molar-refractivity contribution in [3.63, 3.8) is 0 Å². The van der Waals surface area contributed by atoms with Crippen LogP contribution in [0.15, 0.2) is 11.7 Å². The topological polar surface area (TPSA) is 38.7 Å². The van der Waals surface area contributed by atoms with E-state index in [0.29, 0.717) is 0 Å². The van der Waals surface area contributed by atoms with Crippen LogP contribution in [0.25, 0.3) is 10.5 Å². The molecule has 0 saturated heterocycles. The van der Waals surface area contributed by atoms with Crippen molar-refractivity contribution in [1.82, 2.24) is 15.0 Å². The largest absolute Gasteiger partial charge is 0.236 e. The summed E-state index contributed by atoms with van der Waals surface area (Å²) in [5.74, 6) is 0. The van der Waals surface area contributed by atoms with Gasteiger partial charge in [0.1, 0.15) is 0 Å². The van der Waals surface area contributed by atoms with Crippen LogP contribution in [-0.4, -0.2) is 15.0 Å². The average molecular weight is 193 g/mol. The summed E-state index contributed by atoms with van der Waals surface area (Å²) < 4.78 is 0. The molecule has 0 amide bonds. The first-order valence-corrected chi connectivity index (χ1v) is 5.02. The summed E-state index contributed by atoms with van der Waals surface area (Å²) in [6.45, 7) is 6.39. The molecule has 13 heavy (non-hydrogen) atoms. The molecule has 0 aromatic carbocycles. The predicted molar refractivity (Wildman–Crippen MR) is 53.9 cm³/mol. The molecule has 0 unspecified atom stereocenters. The predicted octanol–water partition coefficient (Wildman–Crippen LogP) is 2.38. The first kappa shape index (κ1) is 8.56. The molecule has 0 radical (unpaired) electrons. The lowest BCUT2D eigenvalue weighted by atomic mass is 9.93. The molecule has 68 valence electrons. The maximum atomic E-state index is 4.50. The maximum Gasteiger partial charge on any atom is 0.189 e. The van der Waals surface area contributed by atoms with Crippen molar-refractivity contribution in [2.75, 3.05) is 0 Å². The Morgan fingerprint density at radius 3 is 2.69 bits per heavy atom. The van der Waals surface area contributed by atoms with Crippen molar-refractivity contribution in [2.24, 2.45) is 0 Å². The average Bonchev–Trinajstić information content (AvgIpc) is 2.47. The molecule has 0 aliphatic rings. The van der Waals surface area contributed by atoms with E-state index in [1.165, 1.54) is 11.3 Å². The molecule has 0 atom stereocenters. The van der Waals surface area contributed by atoms with Gasteiger partial charge in [0.15, 0.2) is 10.5 Å². The summed E-state index contributed by atoms with van der Waals surface area (Å²) in [5, 5.41) is 0. The van der Waals surface area contributed by atoms with Gasteiger partial charge in [-0.05, 0) is 0 Å². The Labute approximate surface area is 80.9 Å². The van der Waals surface area contributed by atoms with Gasteiger partial charge in [-0.3, -0.25) is 0 Å². The van der Waals surface area contributed by atoms with Crippen molar-refractivity contribution < 1.29 is 0 Å². The minimum absolute atomic E-state index is 0.0607. The Kier molecular flexibility index (Phi) is 1.80. The molecule has 0 bridgehead atoms. The molecule has 0 saturated carbocycles. The first-order valence-electron chi connectivity index (χ1n) is 4.14. The molecule has 0 aliphatic heterocycles. The summed E-state index contributed by atoms with van der Waals surface area (Å²) in [6.07, 6.45) is 1.81. The lowest BCUT2D eigenvalue weighted by Crippen LogP contribution is -2.13. The summed E-state index contributed by atoms with van der Waals surface area (Å²) >= 11 is 1.53. The summed E-state index contributed by atoms with van der Waals surface area (Å²) in [6, 6.07) is 0. The SMILES string of the molecule is CC(C)(C)c1cnc2ncsc2n1. The maximum absolute atomic E-state index is 4.50. The molecule has 2 aromatic rings. The number of nitrogens with zero attached hydrogens (tertiary/aromatic N) is 3. The highest BCUT2D eigenvalue weighted by atomic mass is 32.1. The van der Waals surface area contributed by atoms with Gasteiger partial charge < -0.3 is 0 Å². The van der Waals surface area contributed by atoms with Crippen molar-refractivity contribution in [3.8, 4) is 0 Å². The second kappa shape index (κ2) is 2.73. The van der Waals surface area contributed by atoms with Gasteiger partial charge in [-0.2, -0.15) is 0 Å². The molecule has 3 nitrogen and oxygen atoms in total. The van der Waals surface area contributed by atoms with Gasteiger partial charge in [0, 0.05) is 5.41 Å². The van der Waals surface area contributed by atoms with Gasteiger partial charge in [-0.1, -0.05) is 20.8 Å². The van der Waals surface area contributed by atoms with Crippen LogP contribution in [0.1, 0.15) is 26.5 Å². The number of thiazole rings is 1. The Bertz CT molecular complexity index is 428. The zero-order chi connectivity index (χ0) is 9.47. The molecule has 0 aliphatic carbocycles. The van der Waals surface area contributed by atoms with E-state index in [1.807, 2.05) is 6.20 Å². The minimum atomic E-state index is 0.0607. The van der Waals surface area contributed by atoms with Crippen LogP contribution in [0, 0.1) is 0 Å². The van der Waals surface area contributed by atoms with Crippen molar-refractivity contribution >= 4 is 21.8 Å². The van der Waals surface area contributed by atoms with Gasteiger partial charge in [-0.25, -0.2) is 15.0 Å². The molecular weight excluding hydrogens is 182 g/mol. The van der Waals surface area contributed by atoms with Crippen LogP contribution in [-0.2, 0) is 5.41 Å². The third kappa shape index (κ3) is 1.54. The molecule has 2 aromatic heterocycles. The van der Waals surface area contributed by atoms with Crippen LogP contribution in [0.2, 0.25) is 0 Å². The van der Waals surface area contributed by atoms with E-state index in [0.717, 1.165) is 16.2 Å². The quantitative estimate of drug-likeness (QED) is 0.644. The Morgan fingerprint density at radius 1 is 1.23 bits per heavy atom. The van der Waals surface area contributed by atoms with E-state index in [9.17, 15) is 0 Å². The highest BCUT2D eigenvalue weighted by molar-refractivity contribution is 7.16. The summed E-state index contributed by atoms with van der Waals surface area (Å²) in [7, 11) is 0. The molecular formula is C9H11N3S. The fourth-order valence-corrected chi connectivity index (χ4v) is 1.64. The zero-order valence-corrected chi connectivity index (χ0v) is 8.72. The van der Waals surface area contributed by atoms with Crippen LogP contribution in [0.3, 0.4) is 0 Å². The Hall–Kier alpha value is -1.03. The van der Waals surface area contributed by atoms with E-state index >= 15 is 0 Å². The lowest BCUT2D eigenvalue weighted by molar-refractivity contribution is 0.569. The van der Waals surface area contributed by atoms with Crippen molar-refractivity contribution in [2.45, 2.75) is 26.2 Å². The van der Waals surface area contributed by atoms with E-state index in [4.69, 9.17) is 0 Å². The van der Waals surface area contributed by atoms with Crippen LogP contribution < -0.4 is 0 Å². The van der Waals surface area contributed by atoms with Crippen molar-refractivity contribution in [3.05, 3.63) is 17.4 Å². The molecule has 0 fully saturated rings. The van der Waals surface area contributed by atoms with Crippen LogP contribution in [0.4, 0.5) is 0 Å². The van der Waals surface area contributed by atoms with Crippen LogP contribution >= 0.6 is 11.3 Å². The van der Waals surface area contributed by atoms with Gasteiger partial charge >= 0.3 is 0 Å². The second-order valence-corrected chi connectivity index (χ2v) is 4.82. The standard InChI is InChI=1S/C9H11N3S/c1-9(2,3)6-4-10-7-8(12-6)13-5-11-7/h4-5H,1-3H3. The summed E-state index contributed by atoms with van der Waals surface area (Å²) in [4.78, 5) is 13.8. The first-order chi connectivity index (χ1) is 6.07. The number of aromatic nitrogens is 3. The zero-order valence-electron chi connectivity index (χ0n) is 7.90. The van der Waals surface area contributed by atoms with Gasteiger partial charge in [0.05, 0.1) is 17.4 Å². The van der Waals surface area contributed by atoms with E-state index in [2.05, 4.69) is 35.7 Å². The normalized spacial score (nSPS) is 12.2. The minimum Gasteiger partial charge on any atom is -0.236 e. The molecule has 0 spiro atoms. The highest BCUT2D eigenvalue weighted by Crippen LogP contribution is 2.22. The monoisotopic (exact) mass is 193 g/mol. The van der Waals surface area contributed by atoms with E-state index in [1.54, 1.807) is 5.51 Å². The van der Waals surface area contributed by atoms with Crippen molar-refractivity contribution in [1.29, 1.82) is 0 Å². The molecule has 0 N–H and O–H groups in total. The molecule has 4 heteroatoms. The van der Waals surface area contributed by atoms with Gasteiger partial charge in [0.25, 0.3) is 0 Å². The molecule has 2 heterocycles. The highest BCUT2D eigenvalue weighted by Gasteiger charge is 2.16. The second-order valence-electron chi connectivity index (χ2n) is 3.99. The fourth-order valence-electron chi connectivity index (χ4n) is 1.02. The fraction of sp³-hybridized carbons (Fsp3) is 0.444. The van der Waals surface area contributed by atoms with Gasteiger partial charge in [-0.15, -0.1) is 11.3 Å². The lowest BCUT2D eigenvalue weighted by Gasteiger charge is -2.16. The number of hydrogen-bond donors (Lipinski definition) is 0. The smallest absolute Gasteiger partial charge is 0.189 e. The number of hydrogen-bond acceptors (Lipinski definition) is 4. The van der Waals surface area contributed by atoms with E-state index < -0.39 is 0 Å². The van der Waals surface area contributed by atoms with Gasteiger partial charge in [0.2, 0.25) is 0 Å². The third-order valence-electron chi connectivity index (χ3n) is 1.83. The Balaban J connectivity index is 2.61. The Morgan fingerprint density at radius 2 is 2.00 bits per heavy atom. The number of rotatable bonds is 0. The third-order valence-corrected chi connectivity index (χ3v) is 2.54.